The van der Waals surface area contributed by atoms with Gasteiger partial charge in [-0.05, 0) is 6.08 Å². The summed E-state index contributed by atoms with van der Waals surface area (Å²) in [5.41, 5.74) is 0. The summed E-state index contributed by atoms with van der Waals surface area (Å²) < 4.78 is 0. The molecule has 0 aromatic rings. The van der Waals surface area contributed by atoms with E-state index in [4.69, 9.17) is 4.89 Å². The van der Waals surface area contributed by atoms with Crippen molar-refractivity contribution < 1.29 is 9.78 Å². The van der Waals surface area contributed by atoms with Crippen LogP contribution < -0.4 is 10.6 Å². The number of nitrogens with one attached hydrogen (secondary N) is 2. The molecule has 2 heterocycles. The molecule has 0 saturated carbocycles. The van der Waals surface area contributed by atoms with Gasteiger partial charge in [0.25, 0.3) is 0 Å². The van der Waals surface area contributed by atoms with Gasteiger partial charge in [-0.1, -0.05) is 0 Å². The van der Waals surface area contributed by atoms with Crippen LogP contribution in [0, 0.1) is 0 Å². The SMILES string of the molecule is C1=C(CNC2=NCCN2)OOC1. The molecule has 0 aromatic carbocycles. The summed E-state index contributed by atoms with van der Waals surface area (Å²) in [4.78, 5) is 13.7. The maximum Gasteiger partial charge on any atom is 0.191 e. The average molecular weight is 169 g/mol. The second-order valence-electron chi connectivity index (χ2n) is 2.55. The zero-order valence-electron chi connectivity index (χ0n) is 6.67. The van der Waals surface area contributed by atoms with Gasteiger partial charge in [-0.15, -0.1) is 0 Å². The molecule has 0 bridgehead atoms. The van der Waals surface area contributed by atoms with Gasteiger partial charge in [0.2, 0.25) is 0 Å². The number of aliphatic imine (C=N–C) groups is 1. The van der Waals surface area contributed by atoms with Crippen LogP contribution in [0.3, 0.4) is 0 Å². The molecule has 0 aliphatic carbocycles. The van der Waals surface area contributed by atoms with Crippen molar-refractivity contribution in [2.75, 3.05) is 26.2 Å². The molecule has 2 N–H and O–H groups in total. The van der Waals surface area contributed by atoms with Crippen molar-refractivity contribution in [3.63, 3.8) is 0 Å². The highest BCUT2D eigenvalue weighted by Crippen LogP contribution is 2.04. The summed E-state index contributed by atoms with van der Waals surface area (Å²) in [6.07, 6.45) is 1.89. The topological polar surface area (TPSA) is 54.9 Å². The molecule has 0 spiro atoms. The monoisotopic (exact) mass is 169 g/mol. The largest absolute Gasteiger partial charge is 0.355 e. The summed E-state index contributed by atoms with van der Waals surface area (Å²) in [7, 11) is 0. The van der Waals surface area contributed by atoms with Crippen LogP contribution >= 0.6 is 0 Å². The lowest BCUT2D eigenvalue weighted by atomic mass is 10.4. The lowest BCUT2D eigenvalue weighted by molar-refractivity contribution is -0.234. The van der Waals surface area contributed by atoms with Crippen LogP contribution in [-0.2, 0) is 9.78 Å². The molecule has 0 aromatic heterocycles. The van der Waals surface area contributed by atoms with Crippen LogP contribution in [0.5, 0.6) is 0 Å². The Labute approximate surface area is 70.4 Å². The van der Waals surface area contributed by atoms with E-state index in [2.05, 4.69) is 20.5 Å². The third kappa shape index (κ3) is 1.68. The molecule has 12 heavy (non-hydrogen) atoms. The van der Waals surface area contributed by atoms with E-state index in [0.717, 1.165) is 24.8 Å². The zero-order valence-corrected chi connectivity index (χ0v) is 6.67. The molecule has 2 aliphatic heterocycles. The number of hydrogen-bond donors (Lipinski definition) is 2. The highest BCUT2D eigenvalue weighted by molar-refractivity contribution is 5.81. The summed E-state index contributed by atoms with van der Waals surface area (Å²) in [5.74, 6) is 1.65. The van der Waals surface area contributed by atoms with E-state index < -0.39 is 0 Å². The molecule has 0 radical (unpaired) electrons. The predicted octanol–water partition coefficient (Wildman–Crippen LogP) is -0.619. The highest BCUT2D eigenvalue weighted by Gasteiger charge is 2.09. The van der Waals surface area contributed by atoms with E-state index in [1.54, 1.807) is 0 Å². The standard InChI is InChI=1S/C7H11N3O2/c1-4-11-12-6(1)5-10-7-8-2-3-9-7/h1H,2-5H2,(H2,8,9,10). The zero-order chi connectivity index (χ0) is 8.23. The van der Waals surface area contributed by atoms with Crippen molar-refractivity contribution in [3.05, 3.63) is 11.8 Å². The normalized spacial score (nSPS) is 21.0. The molecular formula is C7H11N3O2. The minimum atomic E-state index is 0.539. The van der Waals surface area contributed by atoms with Gasteiger partial charge < -0.3 is 15.5 Å². The quantitative estimate of drug-likeness (QED) is 0.541. The Morgan fingerprint density at radius 1 is 1.67 bits per heavy atom. The molecule has 2 rings (SSSR count). The van der Waals surface area contributed by atoms with Crippen molar-refractivity contribution in [3.8, 4) is 0 Å². The van der Waals surface area contributed by atoms with Crippen LogP contribution in [-0.4, -0.2) is 32.2 Å². The predicted molar refractivity (Wildman–Crippen MR) is 43.4 cm³/mol. The van der Waals surface area contributed by atoms with Crippen LogP contribution in [0.15, 0.2) is 16.8 Å². The highest BCUT2D eigenvalue weighted by atomic mass is 17.2. The average Bonchev–Trinajstić information content (AvgIpc) is 2.74. The van der Waals surface area contributed by atoms with Gasteiger partial charge >= 0.3 is 0 Å². The molecule has 2 aliphatic rings. The van der Waals surface area contributed by atoms with Gasteiger partial charge in [0.1, 0.15) is 6.61 Å². The lowest BCUT2D eigenvalue weighted by Crippen LogP contribution is -2.34. The van der Waals surface area contributed by atoms with Crippen LogP contribution in [0.1, 0.15) is 0 Å². The summed E-state index contributed by atoms with van der Waals surface area (Å²) in [5, 5.41) is 6.18. The van der Waals surface area contributed by atoms with Crippen LogP contribution in [0.4, 0.5) is 0 Å². The molecular weight excluding hydrogens is 158 g/mol. The molecule has 66 valence electrons. The fourth-order valence-electron chi connectivity index (χ4n) is 1.06. The van der Waals surface area contributed by atoms with E-state index >= 15 is 0 Å². The van der Waals surface area contributed by atoms with Crippen LogP contribution in [0.2, 0.25) is 0 Å². The Kier molecular flexibility index (Phi) is 2.13. The second-order valence-corrected chi connectivity index (χ2v) is 2.55. The molecule has 5 heteroatoms. The Morgan fingerprint density at radius 3 is 3.33 bits per heavy atom. The molecule has 0 saturated heterocycles. The summed E-state index contributed by atoms with van der Waals surface area (Å²) >= 11 is 0. The maximum absolute atomic E-state index is 4.83. The Hall–Kier alpha value is -1.23. The molecule has 0 fully saturated rings. The third-order valence-electron chi connectivity index (χ3n) is 1.65. The molecule has 0 atom stereocenters. The summed E-state index contributed by atoms with van der Waals surface area (Å²) in [6.45, 7) is 2.93. The first-order valence-electron chi connectivity index (χ1n) is 3.96. The lowest BCUT2D eigenvalue weighted by Gasteiger charge is -2.05. The Bertz CT molecular complexity index is 201. The molecule has 0 amide bonds. The third-order valence-corrected chi connectivity index (χ3v) is 1.65. The maximum atomic E-state index is 4.83. The number of guanidine groups is 1. The minimum Gasteiger partial charge on any atom is -0.355 e. The smallest absolute Gasteiger partial charge is 0.191 e. The van der Waals surface area contributed by atoms with Gasteiger partial charge in [0.05, 0.1) is 13.1 Å². The van der Waals surface area contributed by atoms with Crippen molar-refractivity contribution in [1.29, 1.82) is 0 Å². The van der Waals surface area contributed by atoms with Gasteiger partial charge in [-0.2, -0.15) is 4.89 Å². The fraction of sp³-hybridized carbons (Fsp3) is 0.571. The number of rotatable bonds is 2. The van der Waals surface area contributed by atoms with E-state index in [9.17, 15) is 0 Å². The van der Waals surface area contributed by atoms with Gasteiger partial charge in [0, 0.05) is 6.54 Å². The van der Waals surface area contributed by atoms with Gasteiger partial charge in [-0.25, -0.2) is 0 Å². The van der Waals surface area contributed by atoms with Crippen molar-refractivity contribution in [1.82, 2.24) is 10.6 Å². The number of hydrogen-bond acceptors (Lipinski definition) is 5. The fourth-order valence-corrected chi connectivity index (χ4v) is 1.06. The van der Waals surface area contributed by atoms with Crippen molar-refractivity contribution >= 4 is 5.96 Å². The second kappa shape index (κ2) is 3.44. The van der Waals surface area contributed by atoms with E-state index in [1.807, 2.05) is 6.08 Å². The van der Waals surface area contributed by atoms with Crippen molar-refractivity contribution in [2.24, 2.45) is 4.99 Å². The first kappa shape index (κ1) is 7.42. The van der Waals surface area contributed by atoms with Crippen molar-refractivity contribution in [2.45, 2.75) is 0 Å². The van der Waals surface area contributed by atoms with Crippen LogP contribution in [0.25, 0.3) is 0 Å². The van der Waals surface area contributed by atoms with Gasteiger partial charge in [-0.3, -0.25) is 4.99 Å². The molecule has 5 nitrogen and oxygen atoms in total. The Morgan fingerprint density at radius 2 is 2.67 bits per heavy atom. The first-order chi connectivity index (χ1) is 5.95. The summed E-state index contributed by atoms with van der Waals surface area (Å²) in [6, 6.07) is 0. The Balaban J connectivity index is 1.74. The number of nitrogens with zero attached hydrogens (tertiary/aromatic N) is 1. The van der Waals surface area contributed by atoms with E-state index in [1.165, 1.54) is 0 Å². The van der Waals surface area contributed by atoms with E-state index in [-0.39, 0.29) is 0 Å². The first-order valence-corrected chi connectivity index (χ1v) is 3.96. The van der Waals surface area contributed by atoms with Gasteiger partial charge in [0.15, 0.2) is 11.7 Å². The minimum absolute atomic E-state index is 0.539. The van der Waals surface area contributed by atoms with E-state index in [0.29, 0.717) is 13.2 Å². The molecule has 0 unspecified atom stereocenters.